The van der Waals surface area contributed by atoms with Crippen LogP contribution in [0.2, 0.25) is 0 Å². The number of rotatable bonds is 3. The van der Waals surface area contributed by atoms with Gasteiger partial charge in [0.15, 0.2) is 5.76 Å². The standard InChI is InChI=1S/C14H13N3O/c15-14-11(9-10-5-2-1-3-6-10)13(16-17-14)12-7-4-8-18-12/h1-8H,9H2,(H3,15,16,17). The van der Waals surface area contributed by atoms with Gasteiger partial charge in [-0.25, -0.2) is 0 Å². The Kier molecular flexibility index (Phi) is 2.61. The van der Waals surface area contributed by atoms with E-state index in [1.807, 2.05) is 30.3 Å². The van der Waals surface area contributed by atoms with Gasteiger partial charge in [0.2, 0.25) is 0 Å². The van der Waals surface area contributed by atoms with Gasteiger partial charge in [-0.05, 0) is 17.7 Å². The van der Waals surface area contributed by atoms with Crippen molar-refractivity contribution in [3.05, 3.63) is 59.9 Å². The van der Waals surface area contributed by atoms with Crippen LogP contribution in [0.25, 0.3) is 11.5 Å². The summed E-state index contributed by atoms with van der Waals surface area (Å²) in [5, 5.41) is 6.99. The van der Waals surface area contributed by atoms with Crippen LogP contribution in [0, 0.1) is 0 Å². The van der Waals surface area contributed by atoms with Gasteiger partial charge in [-0.1, -0.05) is 30.3 Å². The van der Waals surface area contributed by atoms with E-state index in [9.17, 15) is 0 Å². The first-order valence-electron chi connectivity index (χ1n) is 5.75. The van der Waals surface area contributed by atoms with Crippen molar-refractivity contribution < 1.29 is 4.42 Å². The molecule has 0 atom stereocenters. The van der Waals surface area contributed by atoms with Gasteiger partial charge >= 0.3 is 0 Å². The zero-order valence-corrected chi connectivity index (χ0v) is 9.76. The van der Waals surface area contributed by atoms with E-state index in [1.54, 1.807) is 6.26 Å². The van der Waals surface area contributed by atoms with Crippen LogP contribution in [0.5, 0.6) is 0 Å². The van der Waals surface area contributed by atoms with E-state index < -0.39 is 0 Å². The van der Waals surface area contributed by atoms with Gasteiger partial charge in [-0.3, -0.25) is 5.10 Å². The largest absolute Gasteiger partial charge is 0.463 e. The molecule has 0 fully saturated rings. The van der Waals surface area contributed by atoms with Crippen LogP contribution in [-0.2, 0) is 6.42 Å². The number of nitrogen functional groups attached to an aromatic ring is 1. The number of furan rings is 1. The summed E-state index contributed by atoms with van der Waals surface area (Å²) in [6, 6.07) is 13.9. The summed E-state index contributed by atoms with van der Waals surface area (Å²) >= 11 is 0. The van der Waals surface area contributed by atoms with Crippen LogP contribution in [0.3, 0.4) is 0 Å². The fourth-order valence-electron chi connectivity index (χ4n) is 1.98. The Balaban J connectivity index is 1.99. The molecule has 0 saturated carbocycles. The second-order valence-corrected chi connectivity index (χ2v) is 4.10. The van der Waals surface area contributed by atoms with E-state index in [-0.39, 0.29) is 0 Å². The minimum absolute atomic E-state index is 0.519. The Morgan fingerprint density at radius 3 is 2.67 bits per heavy atom. The van der Waals surface area contributed by atoms with E-state index in [2.05, 4.69) is 22.3 Å². The fraction of sp³-hybridized carbons (Fsp3) is 0.0714. The molecule has 2 heterocycles. The lowest BCUT2D eigenvalue weighted by Crippen LogP contribution is -1.94. The third kappa shape index (κ3) is 1.88. The second-order valence-electron chi connectivity index (χ2n) is 4.10. The Bertz CT molecular complexity index is 626. The van der Waals surface area contributed by atoms with E-state index >= 15 is 0 Å². The average molecular weight is 239 g/mol. The number of nitrogens with two attached hydrogens (primary N) is 1. The third-order valence-corrected chi connectivity index (χ3v) is 2.89. The van der Waals surface area contributed by atoms with Gasteiger partial charge < -0.3 is 10.2 Å². The molecule has 0 aliphatic rings. The smallest absolute Gasteiger partial charge is 0.152 e. The Hall–Kier alpha value is -2.49. The molecule has 1 aromatic carbocycles. The first-order valence-corrected chi connectivity index (χ1v) is 5.75. The van der Waals surface area contributed by atoms with Crippen LogP contribution in [-0.4, -0.2) is 10.2 Å². The SMILES string of the molecule is Nc1n[nH]c(-c2ccco2)c1Cc1ccccc1. The highest BCUT2D eigenvalue weighted by molar-refractivity contribution is 5.64. The minimum atomic E-state index is 0.519. The average Bonchev–Trinajstić information content (AvgIpc) is 3.02. The Labute approximate surface area is 104 Å². The van der Waals surface area contributed by atoms with Crippen LogP contribution < -0.4 is 5.73 Å². The highest BCUT2D eigenvalue weighted by Crippen LogP contribution is 2.27. The van der Waals surface area contributed by atoms with E-state index in [4.69, 9.17) is 10.2 Å². The molecule has 0 spiro atoms. The summed E-state index contributed by atoms with van der Waals surface area (Å²) in [4.78, 5) is 0. The molecule has 0 unspecified atom stereocenters. The summed E-state index contributed by atoms with van der Waals surface area (Å²) in [5.74, 6) is 1.27. The Morgan fingerprint density at radius 2 is 1.94 bits per heavy atom. The quantitative estimate of drug-likeness (QED) is 0.738. The number of H-pyrrole nitrogens is 1. The van der Waals surface area contributed by atoms with Crippen LogP contribution >= 0.6 is 0 Å². The normalized spacial score (nSPS) is 10.7. The van der Waals surface area contributed by atoms with Crippen LogP contribution in [0.4, 0.5) is 5.82 Å². The molecule has 3 rings (SSSR count). The molecule has 0 saturated heterocycles. The van der Waals surface area contributed by atoms with Crippen LogP contribution in [0.15, 0.2) is 53.1 Å². The molecule has 4 nitrogen and oxygen atoms in total. The molecule has 0 amide bonds. The summed E-state index contributed by atoms with van der Waals surface area (Å²) in [7, 11) is 0. The number of benzene rings is 1. The van der Waals surface area contributed by atoms with Gasteiger partial charge in [-0.15, -0.1) is 0 Å². The summed E-state index contributed by atoms with van der Waals surface area (Å²) in [5.41, 5.74) is 8.92. The molecule has 3 N–H and O–H groups in total. The molecular weight excluding hydrogens is 226 g/mol. The number of aromatic amines is 1. The lowest BCUT2D eigenvalue weighted by molar-refractivity contribution is 0.579. The van der Waals surface area contributed by atoms with Crippen molar-refractivity contribution in [3.63, 3.8) is 0 Å². The molecule has 90 valence electrons. The van der Waals surface area contributed by atoms with Crippen molar-refractivity contribution in [2.24, 2.45) is 0 Å². The number of hydrogen-bond donors (Lipinski definition) is 2. The molecule has 0 aliphatic carbocycles. The molecular formula is C14H13N3O. The number of nitrogens with zero attached hydrogens (tertiary/aromatic N) is 1. The van der Waals surface area contributed by atoms with Crippen molar-refractivity contribution in [3.8, 4) is 11.5 Å². The van der Waals surface area contributed by atoms with Crippen molar-refractivity contribution in [1.29, 1.82) is 0 Å². The molecule has 3 aromatic rings. The van der Waals surface area contributed by atoms with Gasteiger partial charge in [0.25, 0.3) is 0 Å². The summed E-state index contributed by atoms with van der Waals surface area (Å²) < 4.78 is 5.38. The summed E-state index contributed by atoms with van der Waals surface area (Å²) in [6.07, 6.45) is 2.37. The molecule has 0 bridgehead atoms. The monoisotopic (exact) mass is 239 g/mol. The van der Waals surface area contributed by atoms with E-state index in [0.29, 0.717) is 5.82 Å². The predicted molar refractivity (Wildman–Crippen MR) is 70.0 cm³/mol. The maximum Gasteiger partial charge on any atom is 0.152 e. The Morgan fingerprint density at radius 1 is 1.11 bits per heavy atom. The first kappa shape index (κ1) is 10.7. The van der Waals surface area contributed by atoms with Crippen molar-refractivity contribution in [2.75, 3.05) is 5.73 Å². The van der Waals surface area contributed by atoms with Crippen molar-refractivity contribution in [1.82, 2.24) is 10.2 Å². The third-order valence-electron chi connectivity index (χ3n) is 2.89. The maximum atomic E-state index is 5.91. The van der Waals surface area contributed by atoms with E-state index in [0.717, 1.165) is 23.4 Å². The molecule has 4 heteroatoms. The lowest BCUT2D eigenvalue weighted by atomic mass is 10.0. The number of nitrogens with one attached hydrogen (secondary N) is 1. The molecule has 18 heavy (non-hydrogen) atoms. The maximum absolute atomic E-state index is 5.91. The van der Waals surface area contributed by atoms with Crippen molar-refractivity contribution in [2.45, 2.75) is 6.42 Å². The molecule has 0 aliphatic heterocycles. The van der Waals surface area contributed by atoms with Gasteiger partial charge in [0.1, 0.15) is 11.5 Å². The fourth-order valence-corrected chi connectivity index (χ4v) is 1.98. The van der Waals surface area contributed by atoms with Crippen molar-refractivity contribution >= 4 is 5.82 Å². The number of hydrogen-bond acceptors (Lipinski definition) is 3. The number of aromatic nitrogens is 2. The lowest BCUT2D eigenvalue weighted by Gasteiger charge is -2.02. The van der Waals surface area contributed by atoms with E-state index in [1.165, 1.54) is 5.56 Å². The molecule has 0 radical (unpaired) electrons. The predicted octanol–water partition coefficient (Wildman–Crippen LogP) is 2.84. The topological polar surface area (TPSA) is 67.8 Å². The minimum Gasteiger partial charge on any atom is -0.463 e. The van der Waals surface area contributed by atoms with Gasteiger partial charge in [-0.2, -0.15) is 5.10 Å². The highest BCUT2D eigenvalue weighted by atomic mass is 16.3. The second kappa shape index (κ2) is 4.41. The highest BCUT2D eigenvalue weighted by Gasteiger charge is 2.14. The van der Waals surface area contributed by atoms with Gasteiger partial charge in [0.05, 0.1) is 6.26 Å². The summed E-state index contributed by atoms with van der Waals surface area (Å²) in [6.45, 7) is 0. The zero-order valence-electron chi connectivity index (χ0n) is 9.76. The zero-order chi connectivity index (χ0) is 12.4. The van der Waals surface area contributed by atoms with Crippen LogP contribution in [0.1, 0.15) is 11.1 Å². The number of anilines is 1. The molecule has 2 aromatic heterocycles. The first-order chi connectivity index (χ1) is 8.84. The van der Waals surface area contributed by atoms with Gasteiger partial charge in [0, 0.05) is 12.0 Å².